The fourth-order valence-electron chi connectivity index (χ4n) is 3.82. The lowest BCUT2D eigenvalue weighted by atomic mass is 9.95. The quantitative estimate of drug-likeness (QED) is 0.429. The smallest absolute Gasteiger partial charge is 0.133 e. The maximum Gasteiger partial charge on any atom is 0.133 e. The first kappa shape index (κ1) is 21.7. The van der Waals surface area contributed by atoms with Crippen LogP contribution in [0.4, 0.5) is 0 Å². The van der Waals surface area contributed by atoms with E-state index in [4.69, 9.17) is 32.9 Å². The highest BCUT2D eigenvalue weighted by atomic mass is 35.5. The van der Waals surface area contributed by atoms with E-state index in [0.29, 0.717) is 10.0 Å². The zero-order valence-corrected chi connectivity index (χ0v) is 19.4. The second-order valence-electron chi connectivity index (χ2n) is 8.00. The van der Waals surface area contributed by atoms with E-state index in [1.807, 2.05) is 62.4 Å². The molecule has 0 saturated heterocycles. The number of hydrogen-bond donors (Lipinski definition) is 1. The molecule has 3 aromatic rings. The van der Waals surface area contributed by atoms with Crippen LogP contribution in [0.15, 0.2) is 71.7 Å². The average molecular weight is 453 g/mol. The lowest BCUT2D eigenvalue weighted by Crippen LogP contribution is -2.26. The summed E-state index contributed by atoms with van der Waals surface area (Å²) < 4.78 is 6.16. The molecule has 1 aliphatic rings. The van der Waals surface area contributed by atoms with E-state index in [-0.39, 0.29) is 18.2 Å². The Morgan fingerprint density at radius 1 is 0.903 bits per heavy atom. The standard InChI is InChI=1S/C26H26Cl2N2O/c1-4-17-5-14-22(23(15-17)31-16(2)3)26-29-24(18-6-10-20(27)11-7-18)25(30-26)19-8-12-21(28)13-9-19/h5-16,24-25H,4H2,1-3H3,(H,29,30). The minimum absolute atomic E-state index is 0.0220. The maximum absolute atomic E-state index is 6.16. The van der Waals surface area contributed by atoms with Gasteiger partial charge in [-0.3, -0.25) is 4.99 Å². The summed E-state index contributed by atoms with van der Waals surface area (Å²) in [5.74, 6) is 1.69. The second-order valence-corrected chi connectivity index (χ2v) is 8.87. The molecule has 0 aliphatic carbocycles. The van der Waals surface area contributed by atoms with Crippen LogP contribution in [0.25, 0.3) is 0 Å². The summed E-state index contributed by atoms with van der Waals surface area (Å²) in [5.41, 5.74) is 4.44. The Morgan fingerprint density at radius 3 is 2.10 bits per heavy atom. The van der Waals surface area contributed by atoms with E-state index in [2.05, 4.69) is 30.4 Å². The zero-order valence-electron chi connectivity index (χ0n) is 17.9. The van der Waals surface area contributed by atoms with E-state index >= 15 is 0 Å². The van der Waals surface area contributed by atoms with Crippen LogP contribution < -0.4 is 10.1 Å². The molecule has 0 radical (unpaired) electrons. The van der Waals surface area contributed by atoms with Crippen LogP contribution >= 0.6 is 23.2 Å². The minimum Gasteiger partial charge on any atom is -0.490 e. The van der Waals surface area contributed by atoms with Gasteiger partial charge in [0.05, 0.1) is 17.7 Å². The van der Waals surface area contributed by atoms with Gasteiger partial charge < -0.3 is 10.1 Å². The first-order valence-electron chi connectivity index (χ1n) is 10.6. The van der Waals surface area contributed by atoms with Crippen molar-refractivity contribution in [3.63, 3.8) is 0 Å². The molecule has 3 aromatic carbocycles. The molecule has 1 N–H and O–H groups in total. The molecule has 3 nitrogen and oxygen atoms in total. The van der Waals surface area contributed by atoms with Gasteiger partial charge in [0.15, 0.2) is 0 Å². The molecule has 1 heterocycles. The van der Waals surface area contributed by atoms with Crippen molar-refractivity contribution in [3.05, 3.63) is 99.0 Å². The topological polar surface area (TPSA) is 33.6 Å². The lowest BCUT2D eigenvalue weighted by molar-refractivity contribution is 0.241. The van der Waals surface area contributed by atoms with Crippen molar-refractivity contribution >= 4 is 29.0 Å². The number of amidine groups is 1. The van der Waals surface area contributed by atoms with Gasteiger partial charge in [0.25, 0.3) is 0 Å². The predicted octanol–water partition coefficient (Wildman–Crippen LogP) is 7.18. The maximum atomic E-state index is 6.16. The van der Waals surface area contributed by atoms with Crippen molar-refractivity contribution in [2.24, 2.45) is 4.99 Å². The first-order chi connectivity index (χ1) is 14.9. The number of nitrogens with zero attached hydrogens (tertiary/aromatic N) is 1. The van der Waals surface area contributed by atoms with Crippen LogP contribution in [-0.4, -0.2) is 11.9 Å². The average Bonchev–Trinajstić information content (AvgIpc) is 3.19. The summed E-state index contributed by atoms with van der Waals surface area (Å²) in [4.78, 5) is 5.11. The number of hydrogen-bond acceptors (Lipinski definition) is 3. The highest BCUT2D eigenvalue weighted by Gasteiger charge is 2.33. The largest absolute Gasteiger partial charge is 0.490 e. The van der Waals surface area contributed by atoms with Gasteiger partial charge in [-0.25, -0.2) is 0 Å². The number of benzene rings is 3. The molecule has 31 heavy (non-hydrogen) atoms. The molecule has 0 fully saturated rings. The molecular weight excluding hydrogens is 427 g/mol. The normalized spacial score (nSPS) is 18.1. The van der Waals surface area contributed by atoms with Crippen molar-refractivity contribution < 1.29 is 4.74 Å². The van der Waals surface area contributed by atoms with E-state index in [0.717, 1.165) is 34.7 Å². The Labute approximate surface area is 194 Å². The minimum atomic E-state index is -0.0915. The number of aryl methyl sites for hydroxylation is 1. The number of ether oxygens (including phenoxy) is 1. The van der Waals surface area contributed by atoms with Gasteiger partial charge in [0.2, 0.25) is 0 Å². The predicted molar refractivity (Wildman–Crippen MR) is 130 cm³/mol. The molecule has 5 heteroatoms. The van der Waals surface area contributed by atoms with Gasteiger partial charge in [0.1, 0.15) is 17.6 Å². The molecule has 0 spiro atoms. The van der Waals surface area contributed by atoms with Crippen LogP contribution in [0.5, 0.6) is 5.75 Å². The number of rotatable bonds is 6. The number of nitrogens with one attached hydrogen (secondary N) is 1. The second kappa shape index (κ2) is 9.33. The third-order valence-electron chi connectivity index (χ3n) is 5.39. The van der Waals surface area contributed by atoms with Crippen molar-refractivity contribution in [3.8, 4) is 5.75 Å². The molecule has 0 amide bonds. The summed E-state index contributed by atoms with van der Waals surface area (Å²) >= 11 is 12.3. The summed E-state index contributed by atoms with van der Waals surface area (Å²) in [6.07, 6.45) is 1.03. The van der Waals surface area contributed by atoms with Crippen molar-refractivity contribution in [1.82, 2.24) is 5.32 Å². The van der Waals surface area contributed by atoms with E-state index < -0.39 is 0 Å². The Morgan fingerprint density at radius 2 is 1.52 bits per heavy atom. The molecule has 4 rings (SSSR count). The molecule has 0 aromatic heterocycles. The third kappa shape index (κ3) is 4.89. The van der Waals surface area contributed by atoms with Crippen LogP contribution in [-0.2, 0) is 6.42 Å². The lowest BCUT2D eigenvalue weighted by Gasteiger charge is -2.20. The van der Waals surface area contributed by atoms with Crippen molar-refractivity contribution in [2.75, 3.05) is 0 Å². The molecule has 160 valence electrons. The Hall–Kier alpha value is -2.49. The molecule has 1 aliphatic heterocycles. The van der Waals surface area contributed by atoms with Crippen LogP contribution in [0, 0.1) is 0 Å². The van der Waals surface area contributed by atoms with Gasteiger partial charge in [0, 0.05) is 10.0 Å². The Bertz CT molecular complexity index is 1080. The van der Waals surface area contributed by atoms with Crippen molar-refractivity contribution in [2.45, 2.75) is 45.4 Å². The van der Waals surface area contributed by atoms with Gasteiger partial charge in [-0.15, -0.1) is 0 Å². The molecule has 0 saturated carbocycles. The highest BCUT2D eigenvalue weighted by Crippen LogP contribution is 2.39. The van der Waals surface area contributed by atoms with E-state index in [1.54, 1.807) is 0 Å². The highest BCUT2D eigenvalue weighted by molar-refractivity contribution is 6.30. The zero-order chi connectivity index (χ0) is 22.0. The monoisotopic (exact) mass is 452 g/mol. The van der Waals surface area contributed by atoms with Gasteiger partial charge in [-0.05, 0) is 73.4 Å². The summed E-state index contributed by atoms with van der Waals surface area (Å²) in [7, 11) is 0. The Balaban J connectivity index is 1.77. The van der Waals surface area contributed by atoms with Gasteiger partial charge in [-0.2, -0.15) is 0 Å². The first-order valence-corrected chi connectivity index (χ1v) is 11.4. The van der Waals surface area contributed by atoms with Crippen LogP contribution in [0.2, 0.25) is 10.0 Å². The van der Waals surface area contributed by atoms with E-state index in [9.17, 15) is 0 Å². The summed E-state index contributed by atoms with van der Waals surface area (Å²) in [5, 5.41) is 5.08. The van der Waals surface area contributed by atoms with Gasteiger partial charge in [-0.1, -0.05) is 60.5 Å². The van der Waals surface area contributed by atoms with E-state index in [1.165, 1.54) is 5.56 Å². The molecule has 0 bridgehead atoms. The SMILES string of the molecule is CCc1ccc(C2=NC(c3ccc(Cl)cc3)C(c3ccc(Cl)cc3)N2)c(OC(C)C)c1. The number of halogens is 2. The number of aliphatic imine (C=N–C) groups is 1. The summed E-state index contributed by atoms with van der Waals surface area (Å²) in [6.45, 7) is 6.23. The third-order valence-corrected chi connectivity index (χ3v) is 5.89. The fourth-order valence-corrected chi connectivity index (χ4v) is 4.07. The molecular formula is C26H26Cl2N2O. The van der Waals surface area contributed by atoms with Crippen LogP contribution in [0.3, 0.4) is 0 Å². The van der Waals surface area contributed by atoms with Crippen LogP contribution in [0.1, 0.15) is 55.1 Å². The summed E-state index contributed by atoms with van der Waals surface area (Å²) in [6, 6.07) is 22.1. The van der Waals surface area contributed by atoms with Crippen molar-refractivity contribution in [1.29, 1.82) is 0 Å². The fraction of sp³-hybridized carbons (Fsp3) is 0.269. The molecule has 2 atom stereocenters. The Kier molecular flexibility index (Phi) is 6.54. The van der Waals surface area contributed by atoms with Gasteiger partial charge >= 0.3 is 0 Å². The molecule has 2 unspecified atom stereocenters.